The molecule has 2 aliphatic rings. The largest absolute Gasteiger partial charge is 0.493 e. The average Bonchev–Trinajstić information content (AvgIpc) is 3.35. The predicted molar refractivity (Wildman–Crippen MR) is 136 cm³/mol. The van der Waals surface area contributed by atoms with Crippen molar-refractivity contribution in [3.05, 3.63) is 77.4 Å². The zero-order valence-electron chi connectivity index (χ0n) is 19.6. The molecule has 4 aromatic carbocycles. The topological polar surface area (TPSA) is 50.8 Å². The number of anilines is 1. The molecule has 0 spiro atoms. The summed E-state index contributed by atoms with van der Waals surface area (Å²) in [5.41, 5.74) is 4.25. The van der Waals surface area contributed by atoms with Crippen LogP contribution >= 0.6 is 0 Å². The number of nitrogens with zero attached hydrogens (tertiary/aromatic N) is 1. The minimum Gasteiger partial charge on any atom is -0.493 e. The first-order valence-electron chi connectivity index (χ1n) is 11.9. The van der Waals surface area contributed by atoms with Crippen molar-refractivity contribution in [3.8, 4) is 11.5 Å². The standard InChI is InChI=1S/C29H28N2O3/c1-33-27-15-24-22-13-19(30-29(32)18-7-4-3-5-8-18)10-11-21(22)23-14-20-9-6-12-31(20)17-26(23)25(24)16-28(27)34-2/h3-5,7-8,10-11,13,15-16,20H,6,9,12,14,17H2,1-2H3,(H,30,32)/t20-/m0/s1. The Kier molecular flexibility index (Phi) is 5.15. The Morgan fingerprint density at radius 3 is 2.38 bits per heavy atom. The SMILES string of the molecule is COc1cc2c3c(c4ccc(NC(=O)c5ccccc5)cc4c2cc1OC)C[C@@H]1CCCN1C3. The van der Waals surface area contributed by atoms with E-state index < -0.39 is 0 Å². The lowest BCUT2D eigenvalue weighted by molar-refractivity contribution is 0.102. The maximum atomic E-state index is 12.8. The summed E-state index contributed by atoms with van der Waals surface area (Å²) in [6.45, 7) is 2.13. The Labute approximate surface area is 199 Å². The molecule has 1 saturated heterocycles. The summed E-state index contributed by atoms with van der Waals surface area (Å²) in [6, 6.07) is 20.4. The van der Waals surface area contributed by atoms with Crippen molar-refractivity contribution in [2.75, 3.05) is 26.1 Å². The second-order valence-corrected chi connectivity index (χ2v) is 9.26. The van der Waals surface area contributed by atoms with Crippen LogP contribution in [0.4, 0.5) is 5.69 Å². The Balaban J connectivity index is 1.54. The first-order chi connectivity index (χ1) is 16.7. The van der Waals surface area contributed by atoms with Gasteiger partial charge in [0.1, 0.15) is 0 Å². The molecule has 34 heavy (non-hydrogen) atoms. The zero-order valence-corrected chi connectivity index (χ0v) is 19.6. The molecule has 0 radical (unpaired) electrons. The van der Waals surface area contributed by atoms with Gasteiger partial charge in [-0.15, -0.1) is 0 Å². The fraction of sp³-hybridized carbons (Fsp3) is 0.276. The van der Waals surface area contributed by atoms with Crippen molar-refractivity contribution < 1.29 is 14.3 Å². The summed E-state index contributed by atoms with van der Waals surface area (Å²) < 4.78 is 11.3. The molecule has 172 valence electrons. The van der Waals surface area contributed by atoms with Gasteiger partial charge in [0.05, 0.1) is 14.2 Å². The van der Waals surface area contributed by atoms with Crippen LogP contribution in [0, 0.1) is 0 Å². The van der Waals surface area contributed by atoms with Crippen LogP contribution in [0.2, 0.25) is 0 Å². The number of hydrogen-bond acceptors (Lipinski definition) is 4. The summed E-state index contributed by atoms with van der Waals surface area (Å²) in [5, 5.41) is 7.81. The number of ether oxygens (including phenoxy) is 2. The Morgan fingerprint density at radius 2 is 1.62 bits per heavy atom. The van der Waals surface area contributed by atoms with Crippen LogP contribution in [0.1, 0.15) is 34.3 Å². The second kappa shape index (κ2) is 8.33. The maximum absolute atomic E-state index is 12.8. The van der Waals surface area contributed by atoms with Crippen molar-refractivity contribution in [1.29, 1.82) is 0 Å². The van der Waals surface area contributed by atoms with Crippen molar-refractivity contribution >= 4 is 33.1 Å². The number of benzene rings is 4. The minimum atomic E-state index is -0.108. The third-order valence-electron chi connectivity index (χ3n) is 7.44. The Hall–Kier alpha value is -3.57. The Morgan fingerprint density at radius 1 is 0.882 bits per heavy atom. The molecule has 1 fully saturated rings. The highest BCUT2D eigenvalue weighted by molar-refractivity contribution is 6.14. The van der Waals surface area contributed by atoms with Gasteiger partial charge >= 0.3 is 0 Å². The van der Waals surface area contributed by atoms with Gasteiger partial charge in [-0.1, -0.05) is 24.3 Å². The lowest BCUT2D eigenvalue weighted by Gasteiger charge is -2.33. The van der Waals surface area contributed by atoms with Crippen LogP contribution in [0.15, 0.2) is 60.7 Å². The van der Waals surface area contributed by atoms with E-state index in [9.17, 15) is 4.79 Å². The minimum absolute atomic E-state index is 0.108. The van der Waals surface area contributed by atoms with E-state index in [2.05, 4.69) is 34.5 Å². The molecular weight excluding hydrogens is 424 g/mol. The molecule has 0 aliphatic carbocycles. The highest BCUT2D eigenvalue weighted by atomic mass is 16.5. The van der Waals surface area contributed by atoms with Crippen molar-refractivity contribution in [1.82, 2.24) is 4.90 Å². The number of fused-ring (bicyclic) bond motifs is 7. The van der Waals surface area contributed by atoms with Gasteiger partial charge in [0, 0.05) is 23.8 Å². The molecule has 2 heterocycles. The number of methoxy groups -OCH3 is 2. The van der Waals surface area contributed by atoms with E-state index in [1.54, 1.807) is 14.2 Å². The van der Waals surface area contributed by atoms with E-state index >= 15 is 0 Å². The van der Waals surface area contributed by atoms with Crippen LogP contribution in [-0.4, -0.2) is 37.6 Å². The number of carbonyl (C=O) groups is 1. The van der Waals surface area contributed by atoms with E-state index in [1.807, 2.05) is 36.4 Å². The first-order valence-corrected chi connectivity index (χ1v) is 11.9. The molecule has 5 nitrogen and oxygen atoms in total. The molecule has 0 saturated carbocycles. The van der Waals surface area contributed by atoms with Gasteiger partial charge in [0.25, 0.3) is 5.91 Å². The number of amides is 1. The van der Waals surface area contributed by atoms with Gasteiger partial charge in [-0.2, -0.15) is 0 Å². The average molecular weight is 453 g/mol. The molecule has 0 unspecified atom stereocenters. The van der Waals surface area contributed by atoms with Crippen LogP contribution in [0.5, 0.6) is 11.5 Å². The van der Waals surface area contributed by atoms with E-state index in [0.717, 1.165) is 35.2 Å². The molecule has 1 amide bonds. The first kappa shape index (κ1) is 21.0. The summed E-state index contributed by atoms with van der Waals surface area (Å²) in [4.78, 5) is 15.4. The molecule has 0 aromatic heterocycles. The molecule has 4 aromatic rings. The molecule has 5 heteroatoms. The van der Waals surface area contributed by atoms with Gasteiger partial charge in [0.2, 0.25) is 0 Å². The molecular formula is C29H28N2O3. The summed E-state index contributed by atoms with van der Waals surface area (Å²) in [7, 11) is 3.36. The van der Waals surface area contributed by atoms with E-state index in [-0.39, 0.29) is 5.91 Å². The monoisotopic (exact) mass is 452 g/mol. The number of hydrogen-bond donors (Lipinski definition) is 1. The van der Waals surface area contributed by atoms with E-state index in [4.69, 9.17) is 9.47 Å². The lowest BCUT2D eigenvalue weighted by Crippen LogP contribution is -2.35. The second-order valence-electron chi connectivity index (χ2n) is 9.26. The van der Waals surface area contributed by atoms with E-state index in [0.29, 0.717) is 17.4 Å². The fourth-order valence-electron chi connectivity index (χ4n) is 5.76. The third-order valence-corrected chi connectivity index (χ3v) is 7.44. The van der Waals surface area contributed by atoms with Gasteiger partial charge in [-0.05, 0) is 94.9 Å². The van der Waals surface area contributed by atoms with Crippen molar-refractivity contribution in [3.63, 3.8) is 0 Å². The number of rotatable bonds is 4. The van der Waals surface area contributed by atoms with Gasteiger partial charge in [-0.25, -0.2) is 0 Å². The summed E-state index contributed by atoms with van der Waals surface area (Å²) in [5.74, 6) is 1.35. The number of carbonyl (C=O) groups excluding carboxylic acids is 1. The summed E-state index contributed by atoms with van der Waals surface area (Å²) in [6.07, 6.45) is 3.59. The van der Waals surface area contributed by atoms with E-state index in [1.165, 1.54) is 41.3 Å². The highest BCUT2D eigenvalue weighted by Gasteiger charge is 2.32. The molecule has 1 N–H and O–H groups in total. The van der Waals surface area contributed by atoms with Crippen molar-refractivity contribution in [2.45, 2.75) is 31.8 Å². The van der Waals surface area contributed by atoms with Crippen LogP contribution in [0.3, 0.4) is 0 Å². The third kappa shape index (κ3) is 3.39. The fourth-order valence-corrected chi connectivity index (χ4v) is 5.76. The Bertz CT molecular complexity index is 1410. The van der Waals surface area contributed by atoms with Gasteiger partial charge in [0.15, 0.2) is 11.5 Å². The van der Waals surface area contributed by atoms with Gasteiger partial charge < -0.3 is 14.8 Å². The number of nitrogens with one attached hydrogen (secondary N) is 1. The molecule has 6 rings (SSSR count). The maximum Gasteiger partial charge on any atom is 0.255 e. The molecule has 2 aliphatic heterocycles. The zero-order chi connectivity index (χ0) is 23.2. The summed E-state index contributed by atoms with van der Waals surface area (Å²) >= 11 is 0. The highest BCUT2D eigenvalue weighted by Crippen LogP contribution is 2.44. The van der Waals surface area contributed by atoms with Crippen LogP contribution in [0.25, 0.3) is 21.5 Å². The molecule has 1 atom stereocenters. The van der Waals surface area contributed by atoms with Crippen LogP contribution < -0.4 is 14.8 Å². The predicted octanol–water partition coefficient (Wildman–Crippen LogP) is 5.78. The van der Waals surface area contributed by atoms with Crippen LogP contribution in [-0.2, 0) is 13.0 Å². The quantitative estimate of drug-likeness (QED) is 0.399. The van der Waals surface area contributed by atoms with Crippen molar-refractivity contribution in [2.24, 2.45) is 0 Å². The smallest absolute Gasteiger partial charge is 0.255 e. The molecule has 0 bridgehead atoms. The normalized spacial score (nSPS) is 17.4. The van der Waals surface area contributed by atoms with Gasteiger partial charge in [-0.3, -0.25) is 9.69 Å². The lowest BCUT2D eigenvalue weighted by atomic mass is 9.85.